The maximum Gasteiger partial charge on any atom is 0.140 e. The third kappa shape index (κ3) is 2.62. The van der Waals surface area contributed by atoms with E-state index in [1.807, 2.05) is 24.3 Å². The topological polar surface area (TPSA) is 67.6 Å². The molecule has 1 saturated carbocycles. The number of nitriles is 1. The molecule has 1 aliphatic rings. The number of nitrogen functional groups attached to an aromatic ring is 1. The molecular formula is C16H17ClN4. The second-order valence-corrected chi connectivity index (χ2v) is 5.89. The molecule has 0 radical (unpaired) electrons. The van der Waals surface area contributed by atoms with Crippen LogP contribution in [-0.2, 0) is 6.54 Å². The van der Waals surface area contributed by atoms with Crippen molar-refractivity contribution >= 4 is 17.4 Å². The van der Waals surface area contributed by atoms with Crippen LogP contribution in [0.5, 0.6) is 0 Å². The highest BCUT2D eigenvalue weighted by Crippen LogP contribution is 2.36. The Labute approximate surface area is 129 Å². The van der Waals surface area contributed by atoms with Gasteiger partial charge in [-0.15, -0.1) is 0 Å². The van der Waals surface area contributed by atoms with Gasteiger partial charge in [-0.3, -0.25) is 0 Å². The predicted octanol–water partition coefficient (Wildman–Crippen LogP) is 3.70. The Hall–Kier alpha value is -1.99. The molecule has 1 heterocycles. The molecule has 3 rings (SSSR count). The summed E-state index contributed by atoms with van der Waals surface area (Å²) in [5.41, 5.74) is 8.47. The van der Waals surface area contributed by atoms with E-state index in [-0.39, 0.29) is 0 Å². The largest absolute Gasteiger partial charge is 0.383 e. The average molecular weight is 301 g/mol. The van der Waals surface area contributed by atoms with Gasteiger partial charge in [-0.2, -0.15) is 10.4 Å². The summed E-state index contributed by atoms with van der Waals surface area (Å²) in [6, 6.07) is 9.84. The SMILES string of the molecule is N#Cc1c(C2CCCC2)nn(Cc2ccccc2Cl)c1N. The summed E-state index contributed by atoms with van der Waals surface area (Å²) in [4.78, 5) is 0. The molecule has 4 nitrogen and oxygen atoms in total. The molecule has 1 aromatic heterocycles. The molecule has 21 heavy (non-hydrogen) atoms. The van der Waals surface area contributed by atoms with Crippen molar-refractivity contribution in [3.05, 3.63) is 46.1 Å². The van der Waals surface area contributed by atoms with Crippen molar-refractivity contribution in [2.75, 3.05) is 5.73 Å². The van der Waals surface area contributed by atoms with Crippen LogP contribution in [0.25, 0.3) is 0 Å². The van der Waals surface area contributed by atoms with Crippen LogP contribution < -0.4 is 5.73 Å². The first-order valence-electron chi connectivity index (χ1n) is 7.20. The van der Waals surface area contributed by atoms with Gasteiger partial charge >= 0.3 is 0 Å². The first kappa shape index (κ1) is 14.0. The fourth-order valence-electron chi connectivity index (χ4n) is 3.00. The summed E-state index contributed by atoms with van der Waals surface area (Å²) >= 11 is 6.19. The standard InChI is InChI=1S/C16H17ClN4/c17-14-8-4-3-7-12(14)10-21-16(19)13(9-18)15(20-21)11-5-1-2-6-11/h3-4,7-8,11H,1-2,5-6,10,19H2. The number of nitrogens with two attached hydrogens (primary N) is 1. The summed E-state index contributed by atoms with van der Waals surface area (Å²) in [6.07, 6.45) is 4.59. The van der Waals surface area contributed by atoms with Crippen LogP contribution in [0.1, 0.15) is 48.4 Å². The summed E-state index contributed by atoms with van der Waals surface area (Å²) in [7, 11) is 0. The average Bonchev–Trinajstić information content (AvgIpc) is 3.10. The third-order valence-electron chi connectivity index (χ3n) is 4.15. The smallest absolute Gasteiger partial charge is 0.140 e. The number of benzene rings is 1. The van der Waals surface area contributed by atoms with E-state index in [0.717, 1.165) is 24.1 Å². The normalized spacial score (nSPS) is 15.2. The predicted molar refractivity (Wildman–Crippen MR) is 83.1 cm³/mol. The lowest BCUT2D eigenvalue weighted by atomic mass is 10.0. The minimum atomic E-state index is 0.370. The van der Waals surface area contributed by atoms with Gasteiger partial charge in [-0.1, -0.05) is 42.6 Å². The zero-order valence-corrected chi connectivity index (χ0v) is 12.5. The minimum absolute atomic E-state index is 0.370. The van der Waals surface area contributed by atoms with E-state index in [0.29, 0.717) is 28.9 Å². The Morgan fingerprint density at radius 2 is 2.05 bits per heavy atom. The van der Waals surface area contributed by atoms with Crippen molar-refractivity contribution in [2.45, 2.75) is 38.1 Å². The number of anilines is 1. The highest BCUT2D eigenvalue weighted by molar-refractivity contribution is 6.31. The number of rotatable bonds is 3. The number of hydrogen-bond acceptors (Lipinski definition) is 3. The van der Waals surface area contributed by atoms with Crippen LogP contribution in [0.3, 0.4) is 0 Å². The maximum absolute atomic E-state index is 9.38. The molecular weight excluding hydrogens is 284 g/mol. The van der Waals surface area contributed by atoms with Crippen molar-refractivity contribution < 1.29 is 0 Å². The number of aromatic nitrogens is 2. The van der Waals surface area contributed by atoms with Crippen LogP contribution in [0, 0.1) is 11.3 Å². The lowest BCUT2D eigenvalue weighted by Crippen LogP contribution is -2.07. The van der Waals surface area contributed by atoms with E-state index in [1.165, 1.54) is 12.8 Å². The third-order valence-corrected chi connectivity index (χ3v) is 4.52. The number of hydrogen-bond donors (Lipinski definition) is 1. The Morgan fingerprint density at radius 3 is 2.71 bits per heavy atom. The first-order valence-corrected chi connectivity index (χ1v) is 7.58. The number of nitrogens with zero attached hydrogens (tertiary/aromatic N) is 3. The van der Waals surface area contributed by atoms with E-state index >= 15 is 0 Å². The molecule has 2 aromatic rings. The maximum atomic E-state index is 9.38. The second-order valence-electron chi connectivity index (χ2n) is 5.49. The van der Waals surface area contributed by atoms with Gasteiger partial charge in [0.05, 0.1) is 12.2 Å². The van der Waals surface area contributed by atoms with E-state index in [9.17, 15) is 5.26 Å². The molecule has 1 aliphatic carbocycles. The fraction of sp³-hybridized carbons (Fsp3) is 0.375. The van der Waals surface area contributed by atoms with Gasteiger partial charge < -0.3 is 5.73 Å². The molecule has 1 fully saturated rings. The van der Waals surface area contributed by atoms with Gasteiger partial charge in [-0.05, 0) is 24.5 Å². The van der Waals surface area contributed by atoms with Gasteiger partial charge in [0.2, 0.25) is 0 Å². The van der Waals surface area contributed by atoms with Crippen molar-refractivity contribution in [3.8, 4) is 6.07 Å². The summed E-state index contributed by atoms with van der Waals surface area (Å²) in [5.74, 6) is 0.814. The molecule has 0 atom stereocenters. The lowest BCUT2D eigenvalue weighted by molar-refractivity contribution is 0.632. The number of halogens is 1. The Bertz CT molecular complexity index is 693. The van der Waals surface area contributed by atoms with Gasteiger partial charge in [0.1, 0.15) is 17.5 Å². The Balaban J connectivity index is 1.96. The van der Waals surface area contributed by atoms with Crippen molar-refractivity contribution in [2.24, 2.45) is 0 Å². The molecule has 0 unspecified atom stereocenters. The Kier molecular flexibility index (Phi) is 3.85. The minimum Gasteiger partial charge on any atom is -0.383 e. The Morgan fingerprint density at radius 1 is 1.33 bits per heavy atom. The quantitative estimate of drug-likeness (QED) is 0.940. The molecule has 108 valence electrons. The van der Waals surface area contributed by atoms with E-state index in [2.05, 4.69) is 11.2 Å². The lowest BCUT2D eigenvalue weighted by Gasteiger charge is -2.06. The fourth-order valence-corrected chi connectivity index (χ4v) is 3.20. The zero-order chi connectivity index (χ0) is 14.8. The van der Waals surface area contributed by atoms with Crippen molar-refractivity contribution in [3.63, 3.8) is 0 Å². The van der Waals surface area contributed by atoms with E-state index in [4.69, 9.17) is 17.3 Å². The van der Waals surface area contributed by atoms with Crippen molar-refractivity contribution in [1.82, 2.24) is 9.78 Å². The monoisotopic (exact) mass is 300 g/mol. The molecule has 0 bridgehead atoms. The first-order chi connectivity index (χ1) is 10.2. The molecule has 2 N–H and O–H groups in total. The van der Waals surface area contributed by atoms with Crippen molar-refractivity contribution in [1.29, 1.82) is 5.26 Å². The highest BCUT2D eigenvalue weighted by atomic mass is 35.5. The van der Waals surface area contributed by atoms with Gasteiger partial charge in [0, 0.05) is 10.9 Å². The molecule has 1 aromatic carbocycles. The molecule has 5 heteroatoms. The highest BCUT2D eigenvalue weighted by Gasteiger charge is 2.26. The summed E-state index contributed by atoms with van der Waals surface area (Å²) in [5, 5.41) is 14.7. The van der Waals surface area contributed by atoms with E-state index in [1.54, 1.807) is 4.68 Å². The molecule has 0 saturated heterocycles. The van der Waals surface area contributed by atoms with Gasteiger partial charge in [0.25, 0.3) is 0 Å². The van der Waals surface area contributed by atoms with Crippen LogP contribution >= 0.6 is 11.6 Å². The van der Waals surface area contributed by atoms with E-state index < -0.39 is 0 Å². The summed E-state index contributed by atoms with van der Waals surface area (Å²) in [6.45, 7) is 0.493. The van der Waals surface area contributed by atoms with Gasteiger partial charge in [-0.25, -0.2) is 4.68 Å². The molecule has 0 amide bonds. The van der Waals surface area contributed by atoms with Crippen LogP contribution in [0.4, 0.5) is 5.82 Å². The van der Waals surface area contributed by atoms with Gasteiger partial charge in [0.15, 0.2) is 0 Å². The second kappa shape index (κ2) is 5.79. The molecule has 0 spiro atoms. The summed E-state index contributed by atoms with van der Waals surface area (Å²) < 4.78 is 1.70. The molecule has 0 aliphatic heterocycles. The zero-order valence-electron chi connectivity index (χ0n) is 11.7. The van der Waals surface area contributed by atoms with Crippen LogP contribution in [0.2, 0.25) is 5.02 Å². The van der Waals surface area contributed by atoms with Crippen LogP contribution in [0.15, 0.2) is 24.3 Å². The van der Waals surface area contributed by atoms with Crippen LogP contribution in [-0.4, -0.2) is 9.78 Å².